The van der Waals surface area contributed by atoms with Gasteiger partial charge in [0.25, 0.3) is 0 Å². The van der Waals surface area contributed by atoms with Crippen LogP contribution >= 0.6 is 19.3 Å². The Bertz CT molecular complexity index is 1040. The van der Waals surface area contributed by atoms with E-state index in [1.807, 2.05) is 48.0 Å². The lowest BCUT2D eigenvalue weighted by atomic mass is 10.1. The molecule has 0 amide bonds. The zero-order valence-electron chi connectivity index (χ0n) is 18.1. The van der Waals surface area contributed by atoms with Gasteiger partial charge in [0.15, 0.2) is 5.71 Å². The third kappa shape index (κ3) is 7.44. The number of benzene rings is 2. The lowest BCUT2D eigenvalue weighted by molar-refractivity contribution is 0.0515. The van der Waals surface area contributed by atoms with Crippen molar-refractivity contribution in [3.63, 3.8) is 0 Å². The number of carbonyl (C=O) groups excluding carboxylic acids is 2. The molecule has 0 aliphatic heterocycles. The fourth-order valence-electron chi connectivity index (χ4n) is 3.02. The second-order valence-electron chi connectivity index (χ2n) is 7.25. The van der Waals surface area contributed by atoms with E-state index in [0.29, 0.717) is 17.7 Å². The van der Waals surface area contributed by atoms with Crippen LogP contribution in [-0.4, -0.2) is 17.2 Å². The molecule has 6 heteroatoms. The van der Waals surface area contributed by atoms with Gasteiger partial charge in [-0.05, 0) is 42.8 Å². The van der Waals surface area contributed by atoms with Gasteiger partial charge in [0.05, 0.1) is 5.56 Å². The molecule has 0 fully saturated rings. The zero-order chi connectivity index (χ0) is 22.6. The SMILES string of the molecule is CCCCCC/C(=N/OC(=O)c1ccccc1)C(=O)[p+]1ccc(Sc2ccccc2)cc1. The second kappa shape index (κ2) is 12.9. The Balaban J connectivity index is 1.71. The van der Waals surface area contributed by atoms with Crippen LogP contribution in [0.1, 0.15) is 54.2 Å². The fraction of sp³-hybridized carbons (Fsp3) is 0.231. The van der Waals surface area contributed by atoms with Crippen LogP contribution in [0, 0.1) is 0 Å². The van der Waals surface area contributed by atoms with E-state index >= 15 is 0 Å². The van der Waals surface area contributed by atoms with Crippen molar-refractivity contribution in [2.24, 2.45) is 5.16 Å². The van der Waals surface area contributed by atoms with Gasteiger partial charge in [-0.3, -0.25) is 0 Å². The number of unbranched alkanes of at least 4 members (excludes halogenated alkanes) is 3. The van der Waals surface area contributed by atoms with E-state index in [4.69, 9.17) is 4.84 Å². The van der Waals surface area contributed by atoms with Crippen LogP contribution in [0.2, 0.25) is 0 Å². The highest BCUT2D eigenvalue weighted by molar-refractivity contribution is 7.99. The van der Waals surface area contributed by atoms with E-state index in [9.17, 15) is 9.59 Å². The van der Waals surface area contributed by atoms with Crippen molar-refractivity contribution < 1.29 is 14.4 Å². The van der Waals surface area contributed by atoms with Crippen LogP contribution in [0.25, 0.3) is 0 Å². The van der Waals surface area contributed by atoms with E-state index in [1.165, 1.54) is 0 Å². The molecule has 0 radical (unpaired) electrons. The molecule has 32 heavy (non-hydrogen) atoms. The van der Waals surface area contributed by atoms with E-state index in [2.05, 4.69) is 24.2 Å². The molecule has 0 N–H and O–H groups in total. The number of nitrogens with zero attached hydrogens (tertiary/aromatic N) is 1. The normalized spacial score (nSPS) is 11.2. The van der Waals surface area contributed by atoms with Gasteiger partial charge >= 0.3 is 11.5 Å². The molecule has 0 spiro atoms. The average molecular weight is 465 g/mol. The molecule has 3 aromatic rings. The highest BCUT2D eigenvalue weighted by atomic mass is 32.2. The molecule has 0 saturated heterocycles. The van der Waals surface area contributed by atoms with Gasteiger partial charge in [0, 0.05) is 16.2 Å². The van der Waals surface area contributed by atoms with Gasteiger partial charge in [-0.2, -0.15) is 0 Å². The van der Waals surface area contributed by atoms with Crippen molar-refractivity contribution >= 4 is 36.5 Å². The zero-order valence-corrected chi connectivity index (χ0v) is 19.9. The van der Waals surface area contributed by atoms with E-state index in [-0.39, 0.29) is 5.52 Å². The number of hydrogen-bond donors (Lipinski definition) is 0. The Morgan fingerprint density at radius 1 is 0.844 bits per heavy atom. The van der Waals surface area contributed by atoms with Gasteiger partial charge in [0.1, 0.15) is 11.6 Å². The summed E-state index contributed by atoms with van der Waals surface area (Å²) >= 11 is 1.66. The third-order valence-electron chi connectivity index (χ3n) is 4.77. The summed E-state index contributed by atoms with van der Waals surface area (Å²) in [5.74, 6) is 3.34. The van der Waals surface area contributed by atoms with Crippen LogP contribution in [0.4, 0.5) is 0 Å². The number of rotatable bonds is 11. The van der Waals surface area contributed by atoms with E-state index < -0.39 is 13.5 Å². The minimum Gasteiger partial charge on any atom is -0.312 e. The molecule has 0 unspecified atom stereocenters. The fourth-order valence-corrected chi connectivity index (χ4v) is 5.53. The summed E-state index contributed by atoms with van der Waals surface area (Å²) < 4.78 is 0. The first-order valence-electron chi connectivity index (χ1n) is 10.8. The monoisotopic (exact) mass is 464 g/mol. The summed E-state index contributed by atoms with van der Waals surface area (Å²) in [6, 6.07) is 22.8. The smallest absolute Gasteiger partial charge is 0.312 e. The molecule has 0 aliphatic carbocycles. The molecule has 1 heterocycles. The molecule has 1 aromatic heterocycles. The van der Waals surface area contributed by atoms with Crippen molar-refractivity contribution in [2.45, 2.75) is 48.8 Å². The molecule has 164 valence electrons. The second-order valence-corrected chi connectivity index (χ2v) is 10.2. The molecular weight excluding hydrogens is 437 g/mol. The Labute approximate surface area is 194 Å². The summed E-state index contributed by atoms with van der Waals surface area (Å²) in [7, 11) is -1.14. The summed E-state index contributed by atoms with van der Waals surface area (Å²) in [5.41, 5.74) is 0.688. The van der Waals surface area contributed by atoms with Crippen LogP contribution in [0.3, 0.4) is 0 Å². The quantitative estimate of drug-likeness (QED) is 0.125. The molecule has 3 rings (SSSR count). The van der Waals surface area contributed by atoms with Crippen molar-refractivity contribution in [1.82, 2.24) is 0 Å². The minimum atomic E-state index is -1.14. The van der Waals surface area contributed by atoms with Crippen molar-refractivity contribution in [3.05, 3.63) is 90.0 Å². The van der Waals surface area contributed by atoms with Gasteiger partial charge in [-0.25, -0.2) is 9.59 Å². The van der Waals surface area contributed by atoms with Crippen molar-refractivity contribution in [1.29, 1.82) is 0 Å². The van der Waals surface area contributed by atoms with E-state index in [0.717, 1.165) is 35.5 Å². The lowest BCUT2D eigenvalue weighted by Gasteiger charge is -2.03. The average Bonchev–Trinajstić information content (AvgIpc) is 2.84. The number of carbonyl (C=O) groups is 2. The largest absolute Gasteiger partial charge is 0.375 e. The summed E-state index contributed by atoms with van der Waals surface area (Å²) in [6.07, 6.45) is 4.59. The van der Waals surface area contributed by atoms with Gasteiger partial charge in [0.2, 0.25) is 7.53 Å². The highest BCUT2D eigenvalue weighted by Crippen LogP contribution is 2.34. The minimum absolute atomic E-state index is 0.0615. The van der Waals surface area contributed by atoms with Gasteiger partial charge in [-0.1, -0.05) is 79.5 Å². The van der Waals surface area contributed by atoms with Crippen molar-refractivity contribution in [2.75, 3.05) is 0 Å². The first-order valence-corrected chi connectivity index (χ1v) is 13.1. The molecule has 0 saturated carbocycles. The maximum Gasteiger partial charge on any atom is 0.375 e. The summed E-state index contributed by atoms with van der Waals surface area (Å²) in [4.78, 5) is 32.8. The maximum absolute atomic E-state index is 13.2. The first kappa shape index (κ1) is 23.9. The maximum atomic E-state index is 13.2. The predicted molar refractivity (Wildman–Crippen MR) is 133 cm³/mol. The molecule has 2 aromatic carbocycles. The lowest BCUT2D eigenvalue weighted by Crippen LogP contribution is -2.12. The standard InChI is InChI=1S/C26H27NO3PS/c1-2-3-4-11-16-24(27-30-25(28)21-12-7-5-8-13-21)26(29)31-19-17-23(18-20-31)32-22-14-9-6-10-15-22/h5-10,12-15,17-20H,2-4,11,16H2,1H3/q+1/b27-24-. The number of hydrogen-bond acceptors (Lipinski definition) is 5. The Kier molecular flexibility index (Phi) is 9.67. The van der Waals surface area contributed by atoms with Crippen LogP contribution in [-0.2, 0) is 4.84 Å². The van der Waals surface area contributed by atoms with Crippen LogP contribution in [0.5, 0.6) is 0 Å². The molecule has 0 aliphatic rings. The van der Waals surface area contributed by atoms with E-state index in [1.54, 1.807) is 36.0 Å². The van der Waals surface area contributed by atoms with Gasteiger partial charge < -0.3 is 4.84 Å². The first-order chi connectivity index (χ1) is 15.7. The number of oxime groups is 1. The van der Waals surface area contributed by atoms with Gasteiger partial charge in [-0.15, -0.1) is 0 Å². The highest BCUT2D eigenvalue weighted by Gasteiger charge is 2.26. The third-order valence-corrected chi connectivity index (χ3v) is 7.46. The summed E-state index contributed by atoms with van der Waals surface area (Å²) in [5, 5.41) is 4.01. The van der Waals surface area contributed by atoms with Crippen LogP contribution < -0.4 is 0 Å². The van der Waals surface area contributed by atoms with Crippen molar-refractivity contribution in [3.8, 4) is 0 Å². The molecule has 0 bridgehead atoms. The Morgan fingerprint density at radius 3 is 2.12 bits per heavy atom. The molecule has 0 atom stereocenters. The predicted octanol–water partition coefficient (Wildman–Crippen LogP) is 7.93. The van der Waals surface area contributed by atoms with Crippen LogP contribution in [0.15, 0.2) is 99.3 Å². The Hall–Kier alpha value is -2.75. The Morgan fingerprint density at radius 2 is 1.47 bits per heavy atom. The summed E-state index contributed by atoms with van der Waals surface area (Å²) in [6.45, 7) is 2.14. The molecule has 4 nitrogen and oxygen atoms in total. The topological polar surface area (TPSA) is 55.7 Å². The molecular formula is C26H27NO3PS+.